The zero-order valence-electron chi connectivity index (χ0n) is 57.7. The molecule has 1 unspecified atom stereocenters. The van der Waals surface area contributed by atoms with Crippen molar-refractivity contribution < 1.29 is 27.0 Å². The Hall–Kier alpha value is -9.96. The maximum atomic E-state index is 13.3. The number of fused-ring (bicyclic) bond motifs is 3. The van der Waals surface area contributed by atoms with Gasteiger partial charge in [0.2, 0.25) is 0 Å². The van der Waals surface area contributed by atoms with Crippen molar-refractivity contribution in [3.63, 3.8) is 0 Å². The summed E-state index contributed by atoms with van der Waals surface area (Å²) in [7, 11) is -4.87. The molecular formula is C81H84N12O6S3. The van der Waals surface area contributed by atoms with Crippen LogP contribution in [-0.4, -0.2) is 109 Å². The highest BCUT2D eigenvalue weighted by Crippen LogP contribution is 2.34. The third-order valence-electron chi connectivity index (χ3n) is 18.1. The molecule has 21 heteroatoms. The summed E-state index contributed by atoms with van der Waals surface area (Å²) in [5, 5.41) is 10.5. The third kappa shape index (κ3) is 17.3. The Kier molecular flexibility index (Phi) is 22.7. The Morgan fingerprint density at radius 1 is 0.441 bits per heavy atom. The Balaban J connectivity index is 0.000000137. The first-order chi connectivity index (χ1) is 49.8. The monoisotopic (exact) mass is 1420 g/mol. The van der Waals surface area contributed by atoms with Gasteiger partial charge in [-0.15, -0.1) is 11.8 Å². The number of carbonyl (C=O) groups excluding carboxylic acids is 3. The van der Waals surface area contributed by atoms with E-state index < -0.39 is 20.6 Å². The number of hydrogen-bond acceptors (Lipinski definition) is 13. The van der Waals surface area contributed by atoms with Gasteiger partial charge in [-0.3, -0.25) is 31.8 Å². The zero-order valence-corrected chi connectivity index (χ0v) is 60.2. The lowest BCUT2D eigenvalue weighted by Gasteiger charge is -2.11. The van der Waals surface area contributed by atoms with Gasteiger partial charge in [0.05, 0.1) is 69.3 Å². The average molecular weight is 1420 g/mol. The molecule has 3 fully saturated rings. The number of benzene rings is 6. The SMILES string of the molecule is CCCCCS(=O)(=O)c1nc(-c2ccccc2)cn2c(-c3ccc(C(=O)NC4CC4)cc3)cnc12.CCCCCS(=O)c1nc(-c2ccccc2)cn2c(-c3ccc(C(=O)NC4CC4)cc3)cnc12.CCCCCSc1nc(-c2ccccc2)cn2c(-c3ccc(C(=O)NC4CC4)cc3)cnc12. The van der Waals surface area contributed by atoms with Crippen LogP contribution in [0.25, 0.3) is 84.5 Å². The van der Waals surface area contributed by atoms with Crippen LogP contribution in [0.2, 0.25) is 0 Å². The molecule has 3 aliphatic carbocycles. The second-order valence-electron chi connectivity index (χ2n) is 26.2. The topological polar surface area (TPSA) is 229 Å². The van der Waals surface area contributed by atoms with E-state index >= 15 is 0 Å². The molecule has 0 aliphatic heterocycles. The first-order valence-corrected chi connectivity index (χ1v) is 39.6. The summed E-state index contributed by atoms with van der Waals surface area (Å²) in [6.07, 6.45) is 26.5. The Morgan fingerprint density at radius 3 is 1.25 bits per heavy atom. The van der Waals surface area contributed by atoms with E-state index in [0.717, 1.165) is 149 Å². The summed E-state index contributed by atoms with van der Waals surface area (Å²) in [5.74, 6) is 1.53. The highest BCUT2D eigenvalue weighted by atomic mass is 32.2. The molecule has 3 saturated carbocycles. The van der Waals surface area contributed by atoms with Gasteiger partial charge >= 0.3 is 0 Å². The number of aromatic nitrogens is 9. The predicted octanol–water partition coefficient (Wildman–Crippen LogP) is 16.4. The van der Waals surface area contributed by atoms with Crippen LogP contribution in [0, 0.1) is 0 Å². The van der Waals surface area contributed by atoms with Crippen molar-refractivity contribution in [3.8, 4) is 67.5 Å². The summed E-state index contributed by atoms with van der Waals surface area (Å²) in [5.41, 5.74) is 14.3. The van der Waals surface area contributed by atoms with Crippen molar-refractivity contribution in [3.05, 3.63) is 218 Å². The van der Waals surface area contributed by atoms with Crippen LogP contribution in [0.15, 0.2) is 216 Å². The van der Waals surface area contributed by atoms with Crippen molar-refractivity contribution in [2.24, 2.45) is 0 Å². The van der Waals surface area contributed by atoms with Gasteiger partial charge in [-0.1, -0.05) is 187 Å². The van der Waals surface area contributed by atoms with Crippen molar-refractivity contribution in [1.29, 1.82) is 0 Å². The molecule has 15 rings (SSSR count). The molecule has 1 atom stereocenters. The van der Waals surface area contributed by atoms with E-state index in [1.807, 2.05) is 169 Å². The van der Waals surface area contributed by atoms with Gasteiger partial charge in [0.25, 0.3) is 17.7 Å². The number of imidazole rings is 3. The predicted molar refractivity (Wildman–Crippen MR) is 406 cm³/mol. The maximum absolute atomic E-state index is 13.3. The number of sulfone groups is 1. The van der Waals surface area contributed by atoms with E-state index in [0.29, 0.717) is 69.0 Å². The lowest BCUT2D eigenvalue weighted by molar-refractivity contribution is 0.0942. The first-order valence-electron chi connectivity index (χ1n) is 35.6. The lowest BCUT2D eigenvalue weighted by atomic mass is 10.1. The molecule has 6 aromatic heterocycles. The maximum Gasteiger partial charge on any atom is 0.251 e. The molecule has 0 radical (unpaired) electrons. The third-order valence-corrected chi connectivity index (χ3v) is 22.2. The van der Waals surface area contributed by atoms with Crippen LogP contribution in [-0.2, 0) is 20.6 Å². The highest BCUT2D eigenvalue weighted by Gasteiger charge is 2.28. The molecule has 522 valence electrons. The van der Waals surface area contributed by atoms with Gasteiger partial charge in [-0.05, 0) is 99.9 Å². The molecule has 12 aromatic rings. The molecule has 0 spiro atoms. The minimum atomic E-state index is -3.63. The number of carbonyl (C=O) groups is 3. The molecule has 6 heterocycles. The van der Waals surface area contributed by atoms with Crippen LogP contribution in [0.3, 0.4) is 0 Å². The van der Waals surface area contributed by atoms with E-state index in [-0.39, 0.29) is 28.5 Å². The fraction of sp³-hybridized carbons (Fsp3) is 0.296. The van der Waals surface area contributed by atoms with Gasteiger partial charge in [0, 0.05) is 92.5 Å². The summed E-state index contributed by atoms with van der Waals surface area (Å²) in [6, 6.07) is 53.3. The average Bonchev–Trinajstić information content (AvgIpc) is 1.62. The normalized spacial score (nSPS) is 13.8. The summed E-state index contributed by atoms with van der Waals surface area (Å²) >= 11 is 1.78. The molecular weight excluding hydrogens is 1330 g/mol. The van der Waals surface area contributed by atoms with Crippen LogP contribution in [0.1, 0.15) is 148 Å². The van der Waals surface area contributed by atoms with Gasteiger partial charge in [-0.25, -0.2) is 38.3 Å². The molecule has 0 saturated heterocycles. The minimum Gasteiger partial charge on any atom is -0.349 e. The van der Waals surface area contributed by atoms with Crippen LogP contribution in [0.4, 0.5) is 0 Å². The second kappa shape index (κ2) is 32.8. The molecule has 3 N–H and O–H groups in total. The molecule has 102 heavy (non-hydrogen) atoms. The molecule has 3 amide bonds. The van der Waals surface area contributed by atoms with Gasteiger partial charge < -0.3 is 16.0 Å². The number of rotatable bonds is 27. The smallest absolute Gasteiger partial charge is 0.251 e. The standard InChI is InChI=1S/C27H28N4O3S.C27H28N4O2S.C27H28N4OS/c1-2-3-7-16-35(33,34)27-25-28-17-24(31(25)18-23(30-27)19-8-5-4-6-9-19)20-10-12-21(13-11-20)26(32)29-22-14-15-22;1-2-3-7-16-34(33)27-25-28-17-24(31(25)18-23(30-27)19-8-5-4-6-9-19)20-10-12-21(13-11-20)26(32)29-22-14-15-22;1-2-3-7-16-33-27-25-28-17-24(31(25)18-23(30-27)19-8-5-4-6-9-19)20-10-12-21(13-11-20)26(32)29-22-14-15-22/h4-6,8-13,17-18,22H,2-3,7,14-16H2,1H3,(H,29,32);4-6,8-13,17-18,22H,2-3,7,14-16H2,1H3,(H,29,32);4-6,8-13,17-18,22H,2-3,7,14-16H2,1H3,(H,29,32). The summed E-state index contributed by atoms with van der Waals surface area (Å²) in [6.45, 7) is 6.40. The van der Waals surface area contributed by atoms with Gasteiger partial charge in [0.1, 0.15) is 5.03 Å². The lowest BCUT2D eigenvalue weighted by Crippen LogP contribution is -2.25. The van der Waals surface area contributed by atoms with Crippen molar-refractivity contribution in [2.75, 3.05) is 17.3 Å². The van der Waals surface area contributed by atoms with E-state index in [1.54, 1.807) is 40.7 Å². The Bertz CT molecular complexity index is 5040. The van der Waals surface area contributed by atoms with E-state index in [2.05, 4.69) is 67.5 Å². The number of unbranched alkanes of at least 4 members (excludes halogenated alkanes) is 6. The molecule has 3 aliphatic rings. The Labute approximate surface area is 602 Å². The fourth-order valence-electron chi connectivity index (χ4n) is 11.8. The van der Waals surface area contributed by atoms with Crippen LogP contribution >= 0.6 is 11.8 Å². The number of hydrogen-bond donors (Lipinski definition) is 3. The number of nitrogens with one attached hydrogen (secondary N) is 3. The number of thioether (sulfide) groups is 1. The molecule has 6 aromatic carbocycles. The molecule has 0 bridgehead atoms. The van der Waals surface area contributed by atoms with Gasteiger partial charge in [-0.2, -0.15) is 0 Å². The van der Waals surface area contributed by atoms with E-state index in [9.17, 15) is 27.0 Å². The van der Waals surface area contributed by atoms with Gasteiger partial charge in [0.15, 0.2) is 36.8 Å². The second-order valence-corrected chi connectivity index (χ2v) is 30.8. The van der Waals surface area contributed by atoms with Crippen LogP contribution < -0.4 is 16.0 Å². The van der Waals surface area contributed by atoms with Crippen molar-refractivity contribution in [1.82, 2.24) is 59.1 Å². The summed E-state index contributed by atoms with van der Waals surface area (Å²) < 4.78 is 45.7. The molecule has 18 nitrogen and oxygen atoms in total. The van der Waals surface area contributed by atoms with Crippen molar-refractivity contribution in [2.45, 2.75) is 150 Å². The Morgan fingerprint density at radius 2 is 0.814 bits per heavy atom. The first kappa shape index (κ1) is 70.5. The largest absolute Gasteiger partial charge is 0.349 e. The quantitative estimate of drug-likeness (QED) is 0.0322. The number of nitrogens with zero attached hydrogens (tertiary/aromatic N) is 9. The van der Waals surface area contributed by atoms with Crippen molar-refractivity contribution >= 4 is 67.1 Å². The van der Waals surface area contributed by atoms with Crippen LogP contribution in [0.5, 0.6) is 0 Å². The van der Waals surface area contributed by atoms with E-state index in [4.69, 9.17) is 15.0 Å². The highest BCUT2D eigenvalue weighted by molar-refractivity contribution is 7.99. The zero-order chi connectivity index (χ0) is 70.5. The van der Waals surface area contributed by atoms with E-state index in [1.165, 1.54) is 19.3 Å². The number of amides is 3. The summed E-state index contributed by atoms with van der Waals surface area (Å²) in [4.78, 5) is 65.2. The minimum absolute atomic E-state index is 0.00152. The fourth-order valence-corrected chi connectivity index (χ4v) is 15.5.